The van der Waals surface area contributed by atoms with Gasteiger partial charge in [0.2, 0.25) is 5.78 Å². The number of nitro groups is 1. The second-order valence-corrected chi connectivity index (χ2v) is 8.54. The number of hydrogen-bond acceptors (Lipinski definition) is 6. The van der Waals surface area contributed by atoms with Crippen molar-refractivity contribution in [3.8, 4) is 0 Å². The van der Waals surface area contributed by atoms with Crippen LogP contribution >= 0.6 is 0 Å². The second kappa shape index (κ2) is 7.78. The van der Waals surface area contributed by atoms with Gasteiger partial charge in [-0.1, -0.05) is 36.4 Å². The van der Waals surface area contributed by atoms with Gasteiger partial charge in [0.1, 0.15) is 5.69 Å². The Bertz CT molecular complexity index is 1430. The number of non-ortho nitro benzene ring substituents is 1. The molecule has 1 N–H and O–H groups in total. The largest absolute Gasteiger partial charge is 0.392 e. The minimum absolute atomic E-state index is 0.00757. The van der Waals surface area contributed by atoms with Crippen LogP contribution < -0.4 is 0 Å². The van der Waals surface area contributed by atoms with Crippen molar-refractivity contribution >= 4 is 32.4 Å². The lowest BCUT2D eigenvalue weighted by atomic mass is 10.0. The molecule has 0 aliphatic rings. The molecule has 0 fully saturated rings. The molecule has 8 nitrogen and oxygen atoms in total. The van der Waals surface area contributed by atoms with Crippen molar-refractivity contribution < 1.29 is 23.2 Å². The summed E-state index contributed by atoms with van der Waals surface area (Å²) in [5.74, 6) is -0.747. The first kappa shape index (κ1) is 20.5. The summed E-state index contributed by atoms with van der Waals surface area (Å²) in [6.45, 7) is -0.537. The third-order valence-corrected chi connectivity index (χ3v) is 6.64. The molecular weight excluding hydrogens is 420 g/mol. The molecule has 0 saturated heterocycles. The Hall–Kier alpha value is -3.82. The van der Waals surface area contributed by atoms with E-state index in [0.29, 0.717) is 10.9 Å². The molecule has 156 valence electrons. The maximum absolute atomic E-state index is 13.5. The Labute approximate surface area is 177 Å². The van der Waals surface area contributed by atoms with E-state index < -0.39 is 27.3 Å². The Kier molecular flexibility index (Phi) is 5.14. The van der Waals surface area contributed by atoms with Crippen LogP contribution in [0.1, 0.15) is 21.6 Å². The summed E-state index contributed by atoms with van der Waals surface area (Å²) in [7, 11) is -4.15. The van der Waals surface area contributed by atoms with Crippen LogP contribution in [0.15, 0.2) is 83.8 Å². The van der Waals surface area contributed by atoms with E-state index >= 15 is 0 Å². The molecule has 1 aromatic heterocycles. The van der Waals surface area contributed by atoms with Crippen LogP contribution in [0.5, 0.6) is 0 Å². The Balaban J connectivity index is 2.00. The number of carbonyl (C=O) groups excluding carboxylic acids is 1. The van der Waals surface area contributed by atoms with Gasteiger partial charge >= 0.3 is 0 Å². The molecule has 9 heteroatoms. The summed E-state index contributed by atoms with van der Waals surface area (Å²) in [5, 5.41) is 21.4. The number of para-hydroxylation sites is 1. The summed E-state index contributed by atoms with van der Waals surface area (Å²) in [4.78, 5) is 24.0. The van der Waals surface area contributed by atoms with Crippen LogP contribution in [-0.2, 0) is 16.6 Å². The second-order valence-electron chi connectivity index (χ2n) is 6.76. The van der Waals surface area contributed by atoms with Gasteiger partial charge in [-0.25, -0.2) is 12.4 Å². The Morgan fingerprint density at radius 3 is 2.32 bits per heavy atom. The van der Waals surface area contributed by atoms with Crippen LogP contribution in [0, 0.1) is 10.1 Å². The van der Waals surface area contributed by atoms with Crippen LogP contribution in [0.3, 0.4) is 0 Å². The van der Waals surface area contributed by atoms with E-state index in [4.69, 9.17) is 0 Å². The first-order valence-corrected chi connectivity index (χ1v) is 10.6. The van der Waals surface area contributed by atoms with Gasteiger partial charge in [-0.3, -0.25) is 14.9 Å². The molecule has 0 saturated carbocycles. The van der Waals surface area contributed by atoms with E-state index in [-0.39, 0.29) is 27.4 Å². The van der Waals surface area contributed by atoms with Crippen molar-refractivity contribution in [1.82, 2.24) is 3.97 Å². The Morgan fingerprint density at radius 1 is 0.968 bits per heavy atom. The normalized spacial score (nSPS) is 11.5. The average molecular weight is 436 g/mol. The van der Waals surface area contributed by atoms with E-state index in [1.165, 1.54) is 30.3 Å². The lowest BCUT2D eigenvalue weighted by Crippen LogP contribution is -2.19. The first-order chi connectivity index (χ1) is 14.8. The maximum atomic E-state index is 13.5. The van der Waals surface area contributed by atoms with Crippen LogP contribution in [0.25, 0.3) is 10.9 Å². The molecule has 3 aromatic carbocycles. The fourth-order valence-corrected chi connectivity index (χ4v) is 4.94. The maximum Gasteiger partial charge on any atom is 0.270 e. The third-order valence-electron chi connectivity index (χ3n) is 4.90. The number of benzene rings is 3. The lowest BCUT2D eigenvalue weighted by Gasteiger charge is -2.13. The van der Waals surface area contributed by atoms with Crippen LogP contribution in [-0.4, -0.2) is 28.2 Å². The molecule has 0 amide bonds. The number of aromatic nitrogens is 1. The summed E-state index contributed by atoms with van der Waals surface area (Å²) in [6, 6.07) is 19.2. The zero-order chi connectivity index (χ0) is 22.2. The van der Waals surface area contributed by atoms with Crippen molar-refractivity contribution in [3.63, 3.8) is 0 Å². The minimum atomic E-state index is -4.15. The van der Waals surface area contributed by atoms with E-state index in [2.05, 4.69) is 0 Å². The zero-order valence-corrected chi connectivity index (χ0v) is 16.8. The molecule has 0 bridgehead atoms. The van der Waals surface area contributed by atoms with Gasteiger partial charge < -0.3 is 5.11 Å². The van der Waals surface area contributed by atoms with Gasteiger partial charge in [0.25, 0.3) is 15.7 Å². The average Bonchev–Trinajstić information content (AvgIpc) is 3.19. The van der Waals surface area contributed by atoms with Gasteiger partial charge in [-0.05, 0) is 35.9 Å². The summed E-state index contributed by atoms with van der Waals surface area (Å²) >= 11 is 0. The Morgan fingerprint density at radius 2 is 1.65 bits per heavy atom. The lowest BCUT2D eigenvalue weighted by molar-refractivity contribution is -0.384. The zero-order valence-electron chi connectivity index (χ0n) is 16.0. The van der Waals surface area contributed by atoms with E-state index in [1.54, 1.807) is 42.5 Å². The molecular formula is C22H16N2O6S. The van der Waals surface area contributed by atoms with Crippen LogP contribution in [0.2, 0.25) is 0 Å². The first-order valence-electron chi connectivity index (χ1n) is 9.18. The summed E-state index contributed by atoms with van der Waals surface area (Å²) in [5.41, 5.74) is -0.200. The molecule has 4 aromatic rings. The predicted molar refractivity (Wildman–Crippen MR) is 113 cm³/mol. The fraction of sp³-hybridized carbons (Fsp3) is 0.0455. The van der Waals surface area contributed by atoms with Crippen molar-refractivity contribution in [2.45, 2.75) is 11.5 Å². The number of carbonyl (C=O) groups is 1. The molecule has 1 heterocycles. The summed E-state index contributed by atoms with van der Waals surface area (Å²) in [6.07, 6.45) is 0. The third kappa shape index (κ3) is 3.49. The quantitative estimate of drug-likeness (QED) is 0.281. The van der Waals surface area contributed by atoms with Gasteiger partial charge in [0, 0.05) is 23.1 Å². The van der Waals surface area contributed by atoms with Crippen molar-refractivity contribution in [2.24, 2.45) is 0 Å². The van der Waals surface area contributed by atoms with Gasteiger partial charge in [0.15, 0.2) is 0 Å². The standard InChI is InChI=1S/C22H16N2O6S/c25-14-16-10-11-17(24(27)28)13-19(16)22(26)21-12-15-6-4-5-9-20(15)23(21)31(29,30)18-7-2-1-3-8-18/h1-13,25H,14H2. The number of hydrogen-bond donors (Lipinski definition) is 1. The van der Waals surface area contributed by atoms with Gasteiger partial charge in [-0.15, -0.1) is 0 Å². The van der Waals surface area contributed by atoms with Crippen molar-refractivity contribution in [2.75, 3.05) is 0 Å². The molecule has 0 aliphatic carbocycles. The molecule has 0 atom stereocenters. The predicted octanol–water partition coefficient (Wildman–Crippen LogP) is 3.51. The number of aliphatic hydroxyl groups excluding tert-OH is 1. The number of nitro benzene ring substituents is 1. The molecule has 0 spiro atoms. The van der Waals surface area contributed by atoms with Crippen molar-refractivity contribution in [1.29, 1.82) is 0 Å². The molecule has 31 heavy (non-hydrogen) atoms. The number of fused-ring (bicyclic) bond motifs is 1. The van der Waals surface area contributed by atoms with Crippen molar-refractivity contribution in [3.05, 3.63) is 106 Å². The highest BCUT2D eigenvalue weighted by atomic mass is 32.2. The number of ketones is 1. The number of rotatable bonds is 6. The molecule has 4 rings (SSSR count). The SMILES string of the molecule is O=C(c1cc([N+](=O)[O-])ccc1CO)c1cc2ccccc2n1S(=O)(=O)c1ccccc1. The fourth-order valence-electron chi connectivity index (χ4n) is 3.41. The highest BCUT2D eigenvalue weighted by Gasteiger charge is 2.28. The monoisotopic (exact) mass is 436 g/mol. The van der Waals surface area contributed by atoms with Crippen LogP contribution in [0.4, 0.5) is 5.69 Å². The smallest absolute Gasteiger partial charge is 0.270 e. The van der Waals surface area contributed by atoms with E-state index in [1.807, 2.05) is 0 Å². The van der Waals surface area contributed by atoms with Gasteiger partial charge in [-0.2, -0.15) is 0 Å². The highest BCUT2D eigenvalue weighted by Crippen LogP contribution is 2.29. The minimum Gasteiger partial charge on any atom is -0.392 e. The number of aliphatic hydroxyl groups is 1. The van der Waals surface area contributed by atoms with E-state index in [9.17, 15) is 28.4 Å². The molecule has 0 radical (unpaired) electrons. The summed E-state index contributed by atoms with van der Waals surface area (Å²) < 4.78 is 27.8. The highest BCUT2D eigenvalue weighted by molar-refractivity contribution is 7.90. The van der Waals surface area contributed by atoms with Gasteiger partial charge in [0.05, 0.1) is 21.9 Å². The molecule has 0 aliphatic heterocycles. The topological polar surface area (TPSA) is 120 Å². The van der Waals surface area contributed by atoms with E-state index in [0.717, 1.165) is 10.0 Å². The number of nitrogens with zero attached hydrogens (tertiary/aromatic N) is 2. The molecule has 0 unspecified atom stereocenters.